The van der Waals surface area contributed by atoms with Crippen LogP contribution in [-0.4, -0.2) is 17.9 Å². The maximum absolute atomic E-state index is 9.06. The Morgan fingerprint density at radius 3 is 2.18 bits per heavy atom. The summed E-state index contributed by atoms with van der Waals surface area (Å²) in [4.78, 5) is 9.45. The van der Waals surface area contributed by atoms with Crippen LogP contribution in [0.1, 0.15) is 16.7 Å². The lowest BCUT2D eigenvalue weighted by Crippen LogP contribution is -2.05. The fourth-order valence-electron chi connectivity index (χ4n) is 6.09. The third kappa shape index (κ3) is 4.89. The number of fused-ring (bicyclic) bond motifs is 6. The summed E-state index contributed by atoms with van der Waals surface area (Å²) < 4.78 is 6.15. The normalized spacial score (nSPS) is 12.1. The van der Waals surface area contributed by atoms with Gasteiger partial charge in [-0.3, -0.25) is 5.41 Å². The highest BCUT2D eigenvalue weighted by Gasteiger charge is 2.14. The Balaban J connectivity index is 1.21. The van der Waals surface area contributed by atoms with Gasteiger partial charge in [-0.25, -0.2) is 9.98 Å². The molecule has 45 heavy (non-hydrogen) atoms. The first-order chi connectivity index (χ1) is 22.2. The molecule has 4 nitrogen and oxygen atoms in total. The van der Waals surface area contributed by atoms with Crippen molar-refractivity contribution in [1.29, 1.82) is 5.41 Å². The van der Waals surface area contributed by atoms with Gasteiger partial charge in [-0.15, -0.1) is 0 Å². The minimum Gasteiger partial charge on any atom is -0.456 e. The molecule has 1 heterocycles. The molecule has 4 heteroatoms. The summed E-state index contributed by atoms with van der Waals surface area (Å²) in [5.74, 6) is 0.656. The van der Waals surface area contributed by atoms with Crippen LogP contribution in [0.2, 0.25) is 0 Å². The Kier molecular flexibility index (Phi) is 6.58. The van der Waals surface area contributed by atoms with Crippen LogP contribution in [0.3, 0.4) is 0 Å². The van der Waals surface area contributed by atoms with E-state index in [4.69, 9.17) is 19.8 Å². The molecular formula is C41H27N3O. The molecular weight excluding hydrogens is 550 g/mol. The summed E-state index contributed by atoms with van der Waals surface area (Å²) in [6, 6.07) is 51.1. The number of furan rings is 1. The number of nitrogens with one attached hydrogen (secondary N) is 1. The lowest BCUT2D eigenvalue weighted by atomic mass is 9.93. The van der Waals surface area contributed by atoms with E-state index in [0.717, 1.165) is 60.5 Å². The van der Waals surface area contributed by atoms with Crippen LogP contribution in [0.15, 0.2) is 166 Å². The number of hydrogen-bond acceptors (Lipinski definition) is 2. The summed E-state index contributed by atoms with van der Waals surface area (Å²) >= 11 is 0. The molecule has 0 aliphatic rings. The molecule has 8 rings (SSSR count). The third-order valence-electron chi connectivity index (χ3n) is 8.23. The van der Waals surface area contributed by atoms with Gasteiger partial charge in [-0.05, 0) is 56.4 Å². The zero-order valence-corrected chi connectivity index (χ0v) is 24.3. The molecule has 0 saturated heterocycles. The molecule has 7 aromatic carbocycles. The van der Waals surface area contributed by atoms with Crippen LogP contribution in [-0.2, 0) is 0 Å². The molecule has 0 aliphatic carbocycles. The summed E-state index contributed by atoms with van der Waals surface area (Å²) in [7, 11) is 0. The van der Waals surface area contributed by atoms with E-state index in [1.807, 2.05) is 84.9 Å². The first-order valence-electron chi connectivity index (χ1n) is 14.9. The van der Waals surface area contributed by atoms with Crippen molar-refractivity contribution in [3.8, 4) is 11.1 Å². The van der Waals surface area contributed by atoms with E-state index in [1.54, 1.807) is 6.21 Å². The number of para-hydroxylation sites is 1. The fourth-order valence-corrected chi connectivity index (χ4v) is 6.09. The lowest BCUT2D eigenvalue weighted by molar-refractivity contribution is 0.669. The largest absolute Gasteiger partial charge is 0.456 e. The Hall–Kier alpha value is -6.13. The van der Waals surface area contributed by atoms with Gasteiger partial charge >= 0.3 is 0 Å². The van der Waals surface area contributed by atoms with Gasteiger partial charge < -0.3 is 4.42 Å². The number of hydrogen-bond donors (Lipinski definition) is 1. The van der Waals surface area contributed by atoms with E-state index in [9.17, 15) is 0 Å². The van der Waals surface area contributed by atoms with Crippen molar-refractivity contribution in [2.24, 2.45) is 9.98 Å². The van der Waals surface area contributed by atoms with E-state index < -0.39 is 0 Å². The van der Waals surface area contributed by atoms with Crippen LogP contribution in [0.5, 0.6) is 0 Å². The maximum atomic E-state index is 9.06. The highest BCUT2D eigenvalue weighted by molar-refractivity contribution is 6.21. The van der Waals surface area contributed by atoms with Crippen molar-refractivity contribution < 1.29 is 4.42 Å². The van der Waals surface area contributed by atoms with E-state index in [-0.39, 0.29) is 5.84 Å². The number of nitrogens with zero attached hydrogens (tertiary/aromatic N) is 2. The second kappa shape index (κ2) is 11.2. The van der Waals surface area contributed by atoms with Crippen molar-refractivity contribution in [3.05, 3.63) is 168 Å². The molecule has 8 aromatic rings. The standard InChI is InChI=1S/C41H27N3O/c42-40(44-41(28-13-5-2-6-14-28)43-26-27-11-3-1-4-12-27)35-19-9-15-29-25-30(21-22-32(29)35)31-17-10-18-34-33(31)23-24-38-39(34)36-16-7-8-20-37(36)45-38/h1-26,42H. The SMILES string of the molecule is N=C(N=C(N=Cc1ccccc1)c1ccccc1)c1cccc2cc(-c3cccc4c3ccc3oc5ccccc5c34)ccc12. The molecule has 1 aromatic heterocycles. The smallest absolute Gasteiger partial charge is 0.161 e. The van der Waals surface area contributed by atoms with Gasteiger partial charge in [-0.2, -0.15) is 0 Å². The summed E-state index contributed by atoms with van der Waals surface area (Å²) in [5, 5.41) is 15.7. The molecule has 0 fully saturated rings. The van der Waals surface area contributed by atoms with Gasteiger partial charge in [0.25, 0.3) is 0 Å². The summed E-state index contributed by atoms with van der Waals surface area (Å²) in [6.07, 6.45) is 1.79. The second-order valence-electron chi connectivity index (χ2n) is 11.0. The minimum atomic E-state index is 0.164. The second-order valence-corrected chi connectivity index (χ2v) is 11.0. The molecule has 0 saturated carbocycles. The zero-order chi connectivity index (χ0) is 30.2. The monoisotopic (exact) mass is 577 g/mol. The quantitative estimate of drug-likeness (QED) is 0.164. The van der Waals surface area contributed by atoms with E-state index >= 15 is 0 Å². The zero-order valence-electron chi connectivity index (χ0n) is 24.3. The molecule has 212 valence electrons. The Morgan fingerprint density at radius 1 is 0.578 bits per heavy atom. The number of benzene rings is 7. The minimum absolute atomic E-state index is 0.164. The number of rotatable bonds is 4. The van der Waals surface area contributed by atoms with Crippen molar-refractivity contribution in [1.82, 2.24) is 0 Å². The van der Waals surface area contributed by atoms with Gasteiger partial charge in [0, 0.05) is 28.1 Å². The predicted molar refractivity (Wildman–Crippen MR) is 188 cm³/mol. The highest BCUT2D eigenvalue weighted by Crippen LogP contribution is 2.39. The topological polar surface area (TPSA) is 61.7 Å². The van der Waals surface area contributed by atoms with E-state index in [2.05, 4.69) is 66.7 Å². The van der Waals surface area contributed by atoms with Gasteiger partial charge in [0.05, 0.1) is 0 Å². The number of amidine groups is 2. The molecule has 0 aliphatic heterocycles. The van der Waals surface area contributed by atoms with Crippen LogP contribution in [0.4, 0.5) is 0 Å². The van der Waals surface area contributed by atoms with Crippen molar-refractivity contribution >= 4 is 61.4 Å². The van der Waals surface area contributed by atoms with Crippen LogP contribution in [0.25, 0.3) is 54.6 Å². The Bertz CT molecular complexity index is 2440. The molecule has 0 unspecified atom stereocenters. The Morgan fingerprint density at radius 2 is 1.31 bits per heavy atom. The van der Waals surface area contributed by atoms with Gasteiger partial charge in [0.1, 0.15) is 11.2 Å². The van der Waals surface area contributed by atoms with Crippen molar-refractivity contribution in [3.63, 3.8) is 0 Å². The molecule has 0 bridgehead atoms. The first kappa shape index (κ1) is 26.5. The first-order valence-corrected chi connectivity index (χ1v) is 14.9. The molecule has 1 N–H and O–H groups in total. The average Bonchev–Trinajstić information content (AvgIpc) is 3.49. The lowest BCUT2D eigenvalue weighted by Gasteiger charge is -2.11. The van der Waals surface area contributed by atoms with Gasteiger partial charge in [0.2, 0.25) is 0 Å². The molecule has 0 atom stereocenters. The predicted octanol–water partition coefficient (Wildman–Crippen LogP) is 10.5. The van der Waals surface area contributed by atoms with E-state index in [1.165, 1.54) is 10.8 Å². The average molecular weight is 578 g/mol. The maximum Gasteiger partial charge on any atom is 0.161 e. The molecule has 0 spiro atoms. The summed E-state index contributed by atoms with van der Waals surface area (Å²) in [5.41, 5.74) is 6.65. The highest BCUT2D eigenvalue weighted by atomic mass is 16.3. The summed E-state index contributed by atoms with van der Waals surface area (Å²) in [6.45, 7) is 0. The number of aliphatic imine (C=N–C) groups is 2. The molecule has 0 radical (unpaired) electrons. The van der Waals surface area contributed by atoms with Gasteiger partial charge in [-0.1, -0.05) is 133 Å². The third-order valence-corrected chi connectivity index (χ3v) is 8.23. The fraction of sp³-hybridized carbons (Fsp3) is 0. The molecule has 0 amide bonds. The van der Waals surface area contributed by atoms with Crippen LogP contribution >= 0.6 is 0 Å². The Labute approximate surface area is 260 Å². The van der Waals surface area contributed by atoms with E-state index in [0.29, 0.717) is 5.84 Å². The van der Waals surface area contributed by atoms with Crippen molar-refractivity contribution in [2.75, 3.05) is 0 Å². The van der Waals surface area contributed by atoms with Crippen molar-refractivity contribution in [2.45, 2.75) is 0 Å². The van der Waals surface area contributed by atoms with Crippen LogP contribution < -0.4 is 0 Å². The van der Waals surface area contributed by atoms with Gasteiger partial charge in [0.15, 0.2) is 11.7 Å². The van der Waals surface area contributed by atoms with Crippen LogP contribution in [0, 0.1) is 5.41 Å².